The molecule has 1 rings (SSSR count). The summed E-state index contributed by atoms with van der Waals surface area (Å²) >= 11 is 0. The third-order valence-electron chi connectivity index (χ3n) is 1.05. The summed E-state index contributed by atoms with van der Waals surface area (Å²) in [5.41, 5.74) is 0. The van der Waals surface area contributed by atoms with Crippen molar-refractivity contribution in [2.75, 3.05) is 7.11 Å². The van der Waals surface area contributed by atoms with Crippen LogP contribution in [0.5, 0.6) is 5.75 Å². The molecule has 0 amide bonds. The van der Waals surface area contributed by atoms with Crippen LogP contribution in [0.1, 0.15) is 0 Å². The first-order valence-corrected chi connectivity index (χ1v) is 2.65. The van der Waals surface area contributed by atoms with Gasteiger partial charge in [-0.15, -0.1) is 12.1 Å². The summed E-state index contributed by atoms with van der Waals surface area (Å²) in [4.78, 5) is 0. The average molecular weight is 247 g/mol. The van der Waals surface area contributed by atoms with Crippen molar-refractivity contribution in [2.45, 2.75) is 0 Å². The molecule has 0 atom stereocenters. The minimum absolute atomic E-state index is 0. The van der Waals surface area contributed by atoms with E-state index in [0.717, 1.165) is 12.1 Å². The normalized spacial score (nSPS) is 7.92. The predicted molar refractivity (Wildman–Crippen MR) is 37.5 cm³/mol. The van der Waals surface area contributed by atoms with E-state index in [1.807, 2.05) is 0 Å². The van der Waals surface area contributed by atoms with Crippen molar-refractivity contribution in [2.24, 2.45) is 0 Å². The summed E-state index contributed by atoms with van der Waals surface area (Å²) in [5.74, 6) is -1.64. The molecule has 0 heterocycles. The second-order valence-electron chi connectivity index (χ2n) is 1.70. The molecule has 62 valence electrons. The van der Waals surface area contributed by atoms with Gasteiger partial charge in [-0.2, -0.15) is 0 Å². The Morgan fingerprint density at radius 1 is 1.33 bits per heavy atom. The Kier molecular flexibility index (Phi) is 8.08. The zero-order valence-corrected chi connectivity index (χ0v) is 9.40. The van der Waals surface area contributed by atoms with Crippen molar-refractivity contribution in [3.8, 4) is 5.75 Å². The Labute approximate surface area is 96.0 Å². The largest absolute Gasteiger partial charge is 2.00 e. The van der Waals surface area contributed by atoms with Crippen LogP contribution >= 0.6 is 0 Å². The average Bonchev–Trinajstić information content (AvgIpc) is 1.95. The van der Waals surface area contributed by atoms with Gasteiger partial charge in [-0.3, -0.25) is 4.39 Å². The third kappa shape index (κ3) is 3.69. The van der Waals surface area contributed by atoms with E-state index in [1.54, 1.807) is 0 Å². The smallest absolute Gasteiger partial charge is 1.00 e. The molecule has 1 aromatic carbocycles. The molecule has 0 aromatic heterocycles. The summed E-state index contributed by atoms with van der Waals surface area (Å²) in [6.07, 6.45) is 0. The Morgan fingerprint density at radius 3 is 2.33 bits per heavy atom. The molecular formula is C7H5BrF2MgO. The first kappa shape index (κ1) is 14.6. The maximum atomic E-state index is 12.3. The number of halogens is 3. The van der Waals surface area contributed by atoms with Gasteiger partial charge in [-0.25, -0.2) is 4.39 Å². The van der Waals surface area contributed by atoms with Crippen molar-refractivity contribution in [3.05, 3.63) is 29.8 Å². The number of benzene rings is 1. The SMILES string of the molecule is COc1[c-]cc(F)c(F)c1.[Br-].[Mg+2]. The van der Waals surface area contributed by atoms with Crippen LogP contribution in [-0.4, -0.2) is 30.2 Å². The first-order chi connectivity index (χ1) is 4.74. The molecule has 12 heavy (non-hydrogen) atoms. The van der Waals surface area contributed by atoms with E-state index < -0.39 is 11.6 Å². The van der Waals surface area contributed by atoms with E-state index in [1.165, 1.54) is 7.11 Å². The fourth-order valence-electron chi connectivity index (χ4n) is 0.547. The van der Waals surface area contributed by atoms with E-state index >= 15 is 0 Å². The predicted octanol–water partition coefficient (Wildman–Crippen LogP) is -1.60. The van der Waals surface area contributed by atoms with Gasteiger partial charge >= 0.3 is 23.1 Å². The fourth-order valence-corrected chi connectivity index (χ4v) is 0.547. The first-order valence-electron chi connectivity index (χ1n) is 2.65. The maximum absolute atomic E-state index is 12.3. The number of methoxy groups -OCH3 is 1. The summed E-state index contributed by atoms with van der Waals surface area (Å²) in [5, 5.41) is 0. The minimum Gasteiger partial charge on any atom is -1.00 e. The van der Waals surface area contributed by atoms with Crippen LogP contribution in [-0.2, 0) is 0 Å². The fraction of sp³-hybridized carbons (Fsp3) is 0.143. The molecule has 0 unspecified atom stereocenters. The van der Waals surface area contributed by atoms with Crippen LogP contribution in [0.4, 0.5) is 8.78 Å². The molecule has 0 fully saturated rings. The Bertz CT molecular complexity index is 245. The van der Waals surface area contributed by atoms with Gasteiger partial charge in [0.25, 0.3) is 0 Å². The van der Waals surface area contributed by atoms with E-state index in [9.17, 15) is 8.78 Å². The molecule has 0 radical (unpaired) electrons. The standard InChI is InChI=1S/C7H5F2O.BrH.Mg/c1-10-5-2-3-6(8)7(9)4-5;;/h3-4H,1H3;1H;/q-1;;+2/p-1. The van der Waals surface area contributed by atoms with Gasteiger partial charge < -0.3 is 21.7 Å². The van der Waals surface area contributed by atoms with Crippen LogP contribution in [0, 0.1) is 17.7 Å². The van der Waals surface area contributed by atoms with Gasteiger partial charge in [0.15, 0.2) is 0 Å². The van der Waals surface area contributed by atoms with Crippen LogP contribution in [0.2, 0.25) is 0 Å². The molecular weight excluding hydrogens is 242 g/mol. The molecule has 1 nitrogen and oxygen atoms in total. The van der Waals surface area contributed by atoms with Crippen molar-refractivity contribution in [1.82, 2.24) is 0 Å². The number of hydrogen-bond acceptors (Lipinski definition) is 1. The third-order valence-corrected chi connectivity index (χ3v) is 1.05. The molecule has 0 aliphatic carbocycles. The van der Waals surface area contributed by atoms with E-state index in [-0.39, 0.29) is 45.8 Å². The number of ether oxygens (including phenoxy) is 1. The summed E-state index contributed by atoms with van der Waals surface area (Å²) < 4.78 is 29.1. The minimum atomic E-state index is -0.921. The van der Waals surface area contributed by atoms with Crippen molar-refractivity contribution < 1.29 is 30.5 Å². The topological polar surface area (TPSA) is 9.23 Å². The van der Waals surface area contributed by atoms with Gasteiger partial charge in [0.1, 0.15) is 0 Å². The number of hydrogen-bond donors (Lipinski definition) is 0. The molecule has 0 bridgehead atoms. The zero-order chi connectivity index (χ0) is 7.56. The molecule has 5 heteroatoms. The second-order valence-corrected chi connectivity index (χ2v) is 1.70. The molecule has 1 aromatic rings. The van der Waals surface area contributed by atoms with Crippen LogP contribution in [0.3, 0.4) is 0 Å². The van der Waals surface area contributed by atoms with Gasteiger partial charge in [0.05, 0.1) is 12.9 Å². The van der Waals surface area contributed by atoms with E-state index in [4.69, 9.17) is 0 Å². The molecule has 0 N–H and O–H groups in total. The van der Waals surface area contributed by atoms with Crippen LogP contribution < -0.4 is 21.7 Å². The van der Waals surface area contributed by atoms with Crippen LogP contribution in [0.15, 0.2) is 12.1 Å². The maximum Gasteiger partial charge on any atom is 2.00 e. The van der Waals surface area contributed by atoms with Gasteiger partial charge in [0.2, 0.25) is 0 Å². The summed E-state index contributed by atoms with van der Waals surface area (Å²) in [6, 6.07) is 4.23. The van der Waals surface area contributed by atoms with E-state index in [2.05, 4.69) is 10.8 Å². The number of rotatable bonds is 1. The quantitative estimate of drug-likeness (QED) is 0.429. The van der Waals surface area contributed by atoms with Crippen LogP contribution in [0.25, 0.3) is 0 Å². The van der Waals surface area contributed by atoms with Crippen molar-refractivity contribution >= 4 is 23.1 Å². The Hall–Kier alpha value is 0.126. The molecule has 0 aliphatic heterocycles. The molecule has 0 aliphatic rings. The Morgan fingerprint density at radius 2 is 1.92 bits per heavy atom. The molecule has 0 spiro atoms. The summed E-state index contributed by atoms with van der Waals surface area (Å²) in [6.45, 7) is 0. The molecule has 0 saturated heterocycles. The van der Waals surface area contributed by atoms with Crippen molar-refractivity contribution in [1.29, 1.82) is 0 Å². The van der Waals surface area contributed by atoms with Gasteiger partial charge in [-0.1, -0.05) is 6.07 Å². The van der Waals surface area contributed by atoms with E-state index in [0.29, 0.717) is 0 Å². The zero-order valence-electron chi connectivity index (χ0n) is 6.40. The monoisotopic (exact) mass is 246 g/mol. The Balaban J connectivity index is 0. The van der Waals surface area contributed by atoms with Gasteiger partial charge in [-0.05, 0) is 0 Å². The van der Waals surface area contributed by atoms with Crippen molar-refractivity contribution in [3.63, 3.8) is 0 Å². The molecule has 0 saturated carbocycles. The second kappa shape index (κ2) is 6.62. The van der Waals surface area contributed by atoms with Gasteiger partial charge in [0, 0.05) is 11.6 Å². The summed E-state index contributed by atoms with van der Waals surface area (Å²) in [7, 11) is 1.36.